The lowest BCUT2D eigenvalue weighted by molar-refractivity contribution is -0.117. The maximum absolute atomic E-state index is 12.8. The number of thioether (sulfide) groups is 1. The van der Waals surface area contributed by atoms with E-state index in [9.17, 15) is 9.59 Å². The molecule has 4 saturated carbocycles. The average molecular weight is 356 g/mol. The van der Waals surface area contributed by atoms with Gasteiger partial charge in [0.1, 0.15) is 0 Å². The van der Waals surface area contributed by atoms with Crippen LogP contribution in [0.1, 0.15) is 54.4 Å². The molecule has 5 aliphatic rings. The van der Waals surface area contributed by atoms with Crippen LogP contribution in [-0.2, 0) is 11.2 Å². The summed E-state index contributed by atoms with van der Waals surface area (Å²) in [5.74, 6) is 3.71. The molecule has 0 radical (unpaired) electrons. The summed E-state index contributed by atoms with van der Waals surface area (Å²) in [6, 6.07) is 5.78. The number of amides is 1. The van der Waals surface area contributed by atoms with Crippen molar-refractivity contribution in [2.45, 2.75) is 49.7 Å². The molecule has 0 atom stereocenters. The van der Waals surface area contributed by atoms with E-state index in [1.54, 1.807) is 11.9 Å². The third-order valence-corrected chi connectivity index (χ3v) is 8.49. The minimum Gasteiger partial charge on any atom is -0.315 e. The molecule has 0 saturated heterocycles. The molecule has 0 spiro atoms. The topological polar surface area (TPSA) is 37.4 Å². The van der Waals surface area contributed by atoms with Gasteiger partial charge in [0.05, 0.1) is 12.2 Å². The molecule has 25 heavy (non-hydrogen) atoms. The second-order valence-corrected chi connectivity index (χ2v) is 10.2. The van der Waals surface area contributed by atoms with Crippen molar-refractivity contribution in [3.8, 4) is 0 Å². The van der Waals surface area contributed by atoms with Gasteiger partial charge in [-0.3, -0.25) is 9.59 Å². The Morgan fingerprint density at radius 1 is 1.16 bits per heavy atom. The van der Waals surface area contributed by atoms with Crippen LogP contribution >= 0.6 is 11.8 Å². The van der Waals surface area contributed by atoms with E-state index in [-0.39, 0.29) is 11.7 Å². The van der Waals surface area contributed by atoms with Crippen LogP contribution in [0.25, 0.3) is 0 Å². The molecular formula is C21H25NO2S. The first-order valence-corrected chi connectivity index (χ1v) is 10.6. The van der Waals surface area contributed by atoms with Gasteiger partial charge in [-0.05, 0) is 80.0 Å². The standard InChI is InChI=1S/C21H25NO2S/c1-22-18-3-2-16(7-17(18)8-20(22)24)19(23)12-25-21-9-13-4-14(10-21)6-15(5-13)11-21/h2-3,7,13-15H,4-6,8-12H2,1H3. The fourth-order valence-corrected chi connectivity index (χ4v) is 7.82. The van der Waals surface area contributed by atoms with Crippen LogP contribution in [0, 0.1) is 17.8 Å². The van der Waals surface area contributed by atoms with Crippen molar-refractivity contribution in [3.63, 3.8) is 0 Å². The number of Topliss-reactive ketones (excluding diaryl/α,β-unsaturated/α-hetero) is 1. The zero-order valence-corrected chi connectivity index (χ0v) is 15.6. The zero-order valence-electron chi connectivity index (χ0n) is 14.8. The molecule has 1 aliphatic heterocycles. The second-order valence-electron chi connectivity index (χ2n) is 8.79. The van der Waals surface area contributed by atoms with Crippen LogP contribution in [0.3, 0.4) is 0 Å². The van der Waals surface area contributed by atoms with Gasteiger partial charge in [0.2, 0.25) is 5.91 Å². The van der Waals surface area contributed by atoms with E-state index in [4.69, 9.17) is 0 Å². The lowest BCUT2D eigenvalue weighted by Crippen LogP contribution is -2.48. The summed E-state index contributed by atoms with van der Waals surface area (Å²) in [5, 5.41) is 0. The van der Waals surface area contributed by atoms with Gasteiger partial charge in [0.15, 0.2) is 5.78 Å². The van der Waals surface area contributed by atoms with Crippen LogP contribution in [0.2, 0.25) is 0 Å². The largest absolute Gasteiger partial charge is 0.315 e. The molecule has 4 heteroatoms. The van der Waals surface area contributed by atoms with Gasteiger partial charge in [-0.2, -0.15) is 0 Å². The number of ketones is 1. The molecule has 0 aromatic heterocycles. The quantitative estimate of drug-likeness (QED) is 0.764. The number of anilines is 1. The van der Waals surface area contributed by atoms with Gasteiger partial charge in [0.25, 0.3) is 0 Å². The monoisotopic (exact) mass is 355 g/mol. The highest BCUT2D eigenvalue weighted by atomic mass is 32.2. The summed E-state index contributed by atoms with van der Waals surface area (Å²) in [7, 11) is 1.80. The number of hydrogen-bond acceptors (Lipinski definition) is 3. The van der Waals surface area contributed by atoms with Crippen molar-refractivity contribution >= 4 is 29.1 Å². The van der Waals surface area contributed by atoms with Gasteiger partial charge in [-0.15, -0.1) is 11.8 Å². The maximum atomic E-state index is 12.8. The van der Waals surface area contributed by atoms with Crippen molar-refractivity contribution in [1.29, 1.82) is 0 Å². The number of carbonyl (C=O) groups is 2. The zero-order chi connectivity index (χ0) is 17.2. The van der Waals surface area contributed by atoms with Gasteiger partial charge in [0, 0.05) is 23.0 Å². The van der Waals surface area contributed by atoms with E-state index in [2.05, 4.69) is 0 Å². The highest BCUT2D eigenvalue weighted by Crippen LogP contribution is 2.60. The van der Waals surface area contributed by atoms with Gasteiger partial charge in [-0.1, -0.05) is 0 Å². The fraction of sp³-hybridized carbons (Fsp3) is 0.619. The number of rotatable bonds is 4. The first-order valence-electron chi connectivity index (χ1n) is 9.58. The number of likely N-dealkylation sites (N-methyl/N-ethyl adjacent to an activating group) is 1. The Bertz CT molecular complexity index is 721. The van der Waals surface area contributed by atoms with E-state index in [0.717, 1.165) is 34.6 Å². The first-order chi connectivity index (χ1) is 12.0. The number of fused-ring (bicyclic) bond motifs is 1. The molecule has 132 valence electrons. The molecule has 4 bridgehead atoms. The Morgan fingerprint density at radius 3 is 2.44 bits per heavy atom. The number of benzene rings is 1. The summed E-state index contributed by atoms with van der Waals surface area (Å²) >= 11 is 1.94. The minimum atomic E-state index is 0.113. The summed E-state index contributed by atoms with van der Waals surface area (Å²) in [4.78, 5) is 26.3. The summed E-state index contributed by atoms with van der Waals surface area (Å²) < 4.78 is 0.386. The number of hydrogen-bond donors (Lipinski definition) is 0. The third kappa shape index (κ3) is 2.64. The Kier molecular flexibility index (Phi) is 3.57. The summed E-state index contributed by atoms with van der Waals surface area (Å²) in [5.41, 5.74) is 2.73. The van der Waals surface area contributed by atoms with Crippen LogP contribution in [0.4, 0.5) is 5.69 Å². The van der Waals surface area contributed by atoms with Crippen LogP contribution in [-0.4, -0.2) is 29.2 Å². The summed E-state index contributed by atoms with van der Waals surface area (Å²) in [6.45, 7) is 0. The average Bonchev–Trinajstić information content (AvgIpc) is 2.85. The van der Waals surface area contributed by atoms with Crippen molar-refractivity contribution in [1.82, 2.24) is 0 Å². The van der Waals surface area contributed by atoms with Gasteiger partial charge >= 0.3 is 0 Å². The highest BCUT2D eigenvalue weighted by molar-refractivity contribution is 8.01. The van der Waals surface area contributed by atoms with Crippen molar-refractivity contribution in [3.05, 3.63) is 29.3 Å². The van der Waals surface area contributed by atoms with Crippen molar-refractivity contribution < 1.29 is 9.59 Å². The van der Waals surface area contributed by atoms with Crippen LogP contribution in [0.5, 0.6) is 0 Å². The predicted octanol–water partition coefficient (Wildman–Crippen LogP) is 4.09. The molecule has 4 aliphatic carbocycles. The van der Waals surface area contributed by atoms with E-state index in [1.165, 1.54) is 38.5 Å². The predicted molar refractivity (Wildman–Crippen MR) is 101 cm³/mol. The third-order valence-electron chi connectivity index (χ3n) is 6.97. The highest BCUT2D eigenvalue weighted by Gasteiger charge is 2.51. The lowest BCUT2D eigenvalue weighted by Gasteiger charge is -2.56. The smallest absolute Gasteiger partial charge is 0.231 e. The lowest BCUT2D eigenvalue weighted by atomic mass is 9.56. The van der Waals surface area contributed by atoms with E-state index >= 15 is 0 Å². The van der Waals surface area contributed by atoms with Crippen molar-refractivity contribution in [2.75, 3.05) is 17.7 Å². The Balaban J connectivity index is 1.29. The minimum absolute atomic E-state index is 0.113. The molecule has 1 aromatic rings. The van der Waals surface area contributed by atoms with Crippen molar-refractivity contribution in [2.24, 2.45) is 17.8 Å². The molecule has 4 fully saturated rings. The summed E-state index contributed by atoms with van der Waals surface area (Å²) in [6.07, 6.45) is 8.76. The van der Waals surface area contributed by atoms with E-state index < -0.39 is 0 Å². The fourth-order valence-electron chi connectivity index (χ4n) is 6.15. The molecular weight excluding hydrogens is 330 g/mol. The maximum Gasteiger partial charge on any atom is 0.231 e. The normalized spacial score (nSPS) is 35.3. The molecule has 3 nitrogen and oxygen atoms in total. The molecule has 0 unspecified atom stereocenters. The molecule has 0 N–H and O–H groups in total. The van der Waals surface area contributed by atoms with Gasteiger partial charge < -0.3 is 4.90 Å². The van der Waals surface area contributed by atoms with E-state index in [0.29, 0.717) is 16.9 Å². The Hall–Kier alpha value is -1.29. The van der Waals surface area contributed by atoms with Crippen LogP contribution in [0.15, 0.2) is 18.2 Å². The molecule has 1 aromatic carbocycles. The second kappa shape index (κ2) is 5.60. The van der Waals surface area contributed by atoms with Gasteiger partial charge in [-0.25, -0.2) is 0 Å². The SMILES string of the molecule is CN1C(=O)Cc2cc(C(=O)CSC34CC5CC(CC(C5)C3)C4)ccc21. The number of carbonyl (C=O) groups excluding carboxylic acids is 2. The Morgan fingerprint density at radius 2 is 1.80 bits per heavy atom. The molecule has 6 rings (SSSR count). The molecule has 1 amide bonds. The molecule has 1 heterocycles. The Labute approximate surface area is 153 Å². The first kappa shape index (κ1) is 15.9. The van der Waals surface area contributed by atoms with E-state index in [1.807, 2.05) is 30.0 Å². The number of nitrogens with zero attached hydrogens (tertiary/aromatic N) is 1. The van der Waals surface area contributed by atoms with Crippen LogP contribution < -0.4 is 4.90 Å².